The first kappa shape index (κ1) is 16.6. The van der Waals surface area contributed by atoms with Gasteiger partial charge in [-0.25, -0.2) is 9.37 Å². The van der Waals surface area contributed by atoms with Gasteiger partial charge in [0, 0.05) is 10.2 Å². The van der Waals surface area contributed by atoms with E-state index in [9.17, 15) is 9.18 Å². The van der Waals surface area contributed by atoms with Crippen LogP contribution in [0.3, 0.4) is 0 Å². The molecule has 0 fully saturated rings. The maximum Gasteiger partial charge on any atom is 0.259 e. The van der Waals surface area contributed by atoms with Gasteiger partial charge < -0.3 is 9.84 Å². The van der Waals surface area contributed by atoms with E-state index in [1.54, 1.807) is 19.1 Å². The molecule has 7 heteroatoms. The molecule has 1 aromatic carbocycles. The molecule has 0 aliphatic rings. The summed E-state index contributed by atoms with van der Waals surface area (Å²) in [7, 11) is 0. The number of hydrogen-bond acceptors (Lipinski definition) is 4. The van der Waals surface area contributed by atoms with Crippen LogP contribution in [-0.2, 0) is 0 Å². The molecular formula is C17H15BrFN3O2. The van der Waals surface area contributed by atoms with E-state index in [-0.39, 0.29) is 11.6 Å². The Hall–Kier alpha value is -2.28. The van der Waals surface area contributed by atoms with Gasteiger partial charge >= 0.3 is 0 Å². The van der Waals surface area contributed by atoms with Gasteiger partial charge in [-0.1, -0.05) is 34.9 Å². The van der Waals surface area contributed by atoms with Crippen LogP contribution in [0.25, 0.3) is 11.1 Å². The lowest BCUT2D eigenvalue weighted by Crippen LogP contribution is -2.14. The van der Waals surface area contributed by atoms with Gasteiger partial charge in [0.05, 0.1) is 22.3 Å². The summed E-state index contributed by atoms with van der Waals surface area (Å²) in [6.07, 6.45) is 0. The number of hydrogen-bond donors (Lipinski definition) is 1. The van der Waals surface area contributed by atoms with Crippen LogP contribution in [0.4, 0.5) is 10.1 Å². The van der Waals surface area contributed by atoms with Crippen molar-refractivity contribution in [3.05, 3.63) is 51.5 Å². The van der Waals surface area contributed by atoms with Gasteiger partial charge in [-0.3, -0.25) is 4.79 Å². The lowest BCUT2D eigenvalue weighted by Gasteiger charge is -2.10. The van der Waals surface area contributed by atoms with Crippen LogP contribution in [0.1, 0.15) is 41.5 Å². The van der Waals surface area contributed by atoms with Crippen molar-refractivity contribution in [3.8, 4) is 0 Å². The Bertz CT molecular complexity index is 937. The highest BCUT2D eigenvalue weighted by Gasteiger charge is 2.20. The first-order chi connectivity index (χ1) is 11.4. The lowest BCUT2D eigenvalue weighted by atomic mass is 10.0. The summed E-state index contributed by atoms with van der Waals surface area (Å²) in [6.45, 7) is 5.67. The number of nitrogens with zero attached hydrogens (tertiary/aromatic N) is 2. The molecule has 2 heterocycles. The van der Waals surface area contributed by atoms with Crippen molar-refractivity contribution in [1.29, 1.82) is 0 Å². The number of fused-ring (bicyclic) bond motifs is 1. The normalized spacial score (nSPS) is 11.2. The minimum atomic E-state index is -0.519. The van der Waals surface area contributed by atoms with Crippen molar-refractivity contribution in [2.45, 2.75) is 26.7 Å². The van der Waals surface area contributed by atoms with E-state index in [2.05, 4.69) is 31.4 Å². The molecule has 3 rings (SSSR count). The van der Waals surface area contributed by atoms with E-state index in [1.807, 2.05) is 13.8 Å². The fraction of sp³-hybridized carbons (Fsp3) is 0.235. The fourth-order valence-corrected chi connectivity index (χ4v) is 2.70. The molecule has 0 bridgehead atoms. The molecule has 0 radical (unpaired) electrons. The number of halogens is 2. The van der Waals surface area contributed by atoms with Crippen LogP contribution in [0.2, 0.25) is 0 Å². The van der Waals surface area contributed by atoms with Crippen molar-refractivity contribution in [2.75, 3.05) is 5.32 Å². The second kappa shape index (κ2) is 6.32. The third kappa shape index (κ3) is 3.03. The second-order valence-corrected chi connectivity index (χ2v) is 6.69. The molecule has 5 nitrogen and oxygen atoms in total. The van der Waals surface area contributed by atoms with E-state index >= 15 is 0 Å². The molecule has 0 atom stereocenters. The highest BCUT2D eigenvalue weighted by molar-refractivity contribution is 9.10. The average molecular weight is 392 g/mol. The van der Waals surface area contributed by atoms with Gasteiger partial charge in [0.1, 0.15) is 5.82 Å². The summed E-state index contributed by atoms with van der Waals surface area (Å²) >= 11 is 3.19. The van der Waals surface area contributed by atoms with E-state index < -0.39 is 11.7 Å². The highest BCUT2D eigenvalue weighted by Crippen LogP contribution is 2.26. The molecule has 2 aromatic heterocycles. The molecule has 0 aliphatic carbocycles. The lowest BCUT2D eigenvalue weighted by molar-refractivity contribution is 0.102. The van der Waals surface area contributed by atoms with Crippen LogP contribution in [-0.4, -0.2) is 16.0 Å². The number of nitrogens with one attached hydrogen (secondary N) is 1. The van der Waals surface area contributed by atoms with Gasteiger partial charge in [-0.15, -0.1) is 0 Å². The van der Waals surface area contributed by atoms with Crippen LogP contribution in [0.15, 0.2) is 33.3 Å². The Morgan fingerprint density at radius 3 is 2.75 bits per heavy atom. The van der Waals surface area contributed by atoms with Gasteiger partial charge in [0.25, 0.3) is 11.6 Å². The van der Waals surface area contributed by atoms with Crippen LogP contribution in [0.5, 0.6) is 0 Å². The smallest absolute Gasteiger partial charge is 0.259 e. The molecule has 1 N–H and O–H groups in total. The highest BCUT2D eigenvalue weighted by atomic mass is 79.9. The monoisotopic (exact) mass is 391 g/mol. The summed E-state index contributed by atoms with van der Waals surface area (Å²) < 4.78 is 19.8. The molecule has 124 valence electrons. The predicted molar refractivity (Wildman–Crippen MR) is 92.7 cm³/mol. The molecule has 0 spiro atoms. The molecule has 0 saturated heterocycles. The molecule has 0 saturated carbocycles. The number of carbonyl (C=O) groups is 1. The maximum absolute atomic E-state index is 14.0. The number of benzene rings is 1. The summed E-state index contributed by atoms with van der Waals surface area (Å²) in [5.41, 5.74) is 2.05. The zero-order valence-electron chi connectivity index (χ0n) is 13.4. The van der Waals surface area contributed by atoms with Crippen molar-refractivity contribution in [2.24, 2.45) is 0 Å². The quantitative estimate of drug-likeness (QED) is 0.695. The Labute approximate surface area is 146 Å². The molecule has 3 aromatic rings. The fourth-order valence-electron chi connectivity index (χ4n) is 2.37. The van der Waals surface area contributed by atoms with Crippen molar-refractivity contribution in [1.82, 2.24) is 10.1 Å². The minimum Gasteiger partial charge on any atom is -0.336 e. The first-order valence-electron chi connectivity index (χ1n) is 7.40. The van der Waals surface area contributed by atoms with Crippen molar-refractivity contribution >= 4 is 38.6 Å². The van der Waals surface area contributed by atoms with Gasteiger partial charge in [-0.2, -0.15) is 0 Å². The molecule has 0 unspecified atom stereocenters. The number of aryl methyl sites for hydroxylation is 1. The Balaban J connectivity index is 2.06. The van der Waals surface area contributed by atoms with Crippen molar-refractivity contribution in [3.63, 3.8) is 0 Å². The number of aromatic nitrogens is 2. The Kier molecular flexibility index (Phi) is 4.36. The number of rotatable bonds is 3. The molecule has 24 heavy (non-hydrogen) atoms. The third-order valence-corrected chi connectivity index (χ3v) is 4.15. The van der Waals surface area contributed by atoms with Gasteiger partial charge in [-0.05, 0) is 37.1 Å². The number of carbonyl (C=O) groups excluding carboxylic acids is 1. The molecular weight excluding hydrogens is 377 g/mol. The third-order valence-electron chi connectivity index (χ3n) is 3.65. The van der Waals surface area contributed by atoms with Gasteiger partial charge in [0.2, 0.25) is 0 Å². The predicted octanol–water partition coefficient (Wildman–Crippen LogP) is 4.81. The zero-order chi connectivity index (χ0) is 17.4. The average Bonchev–Trinajstić information content (AvgIpc) is 2.90. The zero-order valence-corrected chi connectivity index (χ0v) is 14.9. The van der Waals surface area contributed by atoms with E-state index in [1.165, 1.54) is 12.1 Å². The summed E-state index contributed by atoms with van der Waals surface area (Å²) in [5.74, 6) is -0.846. The summed E-state index contributed by atoms with van der Waals surface area (Å²) in [4.78, 5) is 17.1. The van der Waals surface area contributed by atoms with Crippen LogP contribution in [0, 0.1) is 12.7 Å². The molecule has 0 aliphatic heterocycles. The van der Waals surface area contributed by atoms with Gasteiger partial charge in [0.15, 0.2) is 0 Å². The van der Waals surface area contributed by atoms with Crippen LogP contribution >= 0.6 is 15.9 Å². The number of amides is 1. The number of pyridine rings is 1. The Morgan fingerprint density at radius 2 is 2.08 bits per heavy atom. The SMILES string of the molecule is Cc1noc2nc(C(C)C)cc(C(=O)Nc3ccc(Br)cc3F)c12. The van der Waals surface area contributed by atoms with E-state index in [0.717, 1.165) is 0 Å². The number of anilines is 1. The standard InChI is InChI=1S/C17H15BrFN3O2/c1-8(2)14-7-11(15-9(3)22-24-17(15)21-14)16(23)20-13-5-4-10(18)6-12(13)19/h4-8H,1-3H3,(H,20,23). The first-order valence-corrected chi connectivity index (χ1v) is 8.19. The van der Waals surface area contributed by atoms with E-state index in [4.69, 9.17) is 4.52 Å². The molecule has 1 amide bonds. The topological polar surface area (TPSA) is 68.0 Å². The maximum atomic E-state index is 14.0. The van der Waals surface area contributed by atoms with Crippen molar-refractivity contribution < 1.29 is 13.7 Å². The summed E-state index contributed by atoms with van der Waals surface area (Å²) in [5, 5.41) is 7.01. The Morgan fingerprint density at radius 1 is 1.33 bits per heavy atom. The largest absolute Gasteiger partial charge is 0.336 e. The summed E-state index contributed by atoms with van der Waals surface area (Å²) in [6, 6.07) is 6.15. The van der Waals surface area contributed by atoms with Crippen LogP contribution < -0.4 is 5.32 Å². The second-order valence-electron chi connectivity index (χ2n) is 5.78. The van der Waals surface area contributed by atoms with E-state index in [0.29, 0.717) is 32.5 Å². The minimum absolute atomic E-state index is 0.105.